The predicted octanol–water partition coefficient (Wildman–Crippen LogP) is 2.02. The average Bonchev–Trinajstić information content (AvgIpc) is 3.04. The van der Waals surface area contributed by atoms with Crippen LogP contribution in [0.4, 0.5) is 0 Å². The number of aliphatic imine (C=N–C) groups is 1. The van der Waals surface area contributed by atoms with E-state index < -0.39 is 9.84 Å². The molecule has 1 aromatic carbocycles. The standard InChI is InChI=1S/C18H29N3O3S/c1-4-19-18(20-10-9-16-6-5-11-24-16)21-13-15-7-8-17(14(2)12-15)25(3,22)23/h7-8,12,16H,4-6,9-11,13H2,1-3H3,(H2,19,20,21). The zero-order valence-electron chi connectivity index (χ0n) is 15.3. The summed E-state index contributed by atoms with van der Waals surface area (Å²) >= 11 is 0. The van der Waals surface area contributed by atoms with Crippen LogP contribution < -0.4 is 10.6 Å². The zero-order valence-corrected chi connectivity index (χ0v) is 16.2. The molecule has 0 bridgehead atoms. The summed E-state index contributed by atoms with van der Waals surface area (Å²) in [5.41, 5.74) is 1.74. The number of nitrogens with zero attached hydrogens (tertiary/aromatic N) is 1. The SMILES string of the molecule is CCNC(=NCc1ccc(S(C)(=O)=O)c(C)c1)NCCC1CCCO1. The molecule has 1 aromatic rings. The molecule has 1 aliphatic rings. The first kappa shape index (κ1) is 19.7. The van der Waals surface area contributed by atoms with Gasteiger partial charge < -0.3 is 15.4 Å². The molecule has 2 N–H and O–H groups in total. The number of ether oxygens (including phenoxy) is 1. The molecule has 0 aliphatic carbocycles. The summed E-state index contributed by atoms with van der Waals surface area (Å²) in [6.07, 6.45) is 4.87. The van der Waals surface area contributed by atoms with Crippen LogP contribution in [0, 0.1) is 6.92 Å². The lowest BCUT2D eigenvalue weighted by molar-refractivity contribution is 0.105. The van der Waals surface area contributed by atoms with Crippen molar-refractivity contribution in [2.75, 3.05) is 26.0 Å². The van der Waals surface area contributed by atoms with Crippen molar-refractivity contribution in [2.24, 2.45) is 4.99 Å². The highest BCUT2D eigenvalue weighted by Crippen LogP contribution is 2.17. The lowest BCUT2D eigenvalue weighted by atomic mass is 10.1. The van der Waals surface area contributed by atoms with Crippen LogP contribution in [0.25, 0.3) is 0 Å². The molecule has 0 aromatic heterocycles. The monoisotopic (exact) mass is 367 g/mol. The highest BCUT2D eigenvalue weighted by atomic mass is 32.2. The van der Waals surface area contributed by atoms with Gasteiger partial charge in [0, 0.05) is 26.0 Å². The molecule has 0 amide bonds. The maximum atomic E-state index is 11.7. The molecule has 2 rings (SSSR count). The summed E-state index contributed by atoms with van der Waals surface area (Å²) in [5, 5.41) is 6.56. The molecule has 1 fully saturated rings. The summed E-state index contributed by atoms with van der Waals surface area (Å²) in [4.78, 5) is 4.96. The number of hydrogen-bond donors (Lipinski definition) is 2. The molecular formula is C18H29N3O3S. The molecule has 7 heteroatoms. The summed E-state index contributed by atoms with van der Waals surface area (Å²) in [7, 11) is -3.18. The van der Waals surface area contributed by atoms with Gasteiger partial charge in [-0.05, 0) is 50.3 Å². The Balaban J connectivity index is 1.94. The summed E-state index contributed by atoms with van der Waals surface area (Å²) in [5.74, 6) is 0.769. The minimum Gasteiger partial charge on any atom is -0.378 e. The van der Waals surface area contributed by atoms with Crippen molar-refractivity contribution in [3.63, 3.8) is 0 Å². The van der Waals surface area contributed by atoms with Gasteiger partial charge >= 0.3 is 0 Å². The second-order valence-electron chi connectivity index (χ2n) is 6.42. The van der Waals surface area contributed by atoms with Crippen molar-refractivity contribution < 1.29 is 13.2 Å². The van der Waals surface area contributed by atoms with Crippen LogP contribution in [0.2, 0.25) is 0 Å². The lowest BCUT2D eigenvalue weighted by Gasteiger charge is -2.14. The van der Waals surface area contributed by atoms with E-state index in [1.165, 1.54) is 6.26 Å². The number of hydrogen-bond acceptors (Lipinski definition) is 4. The fraction of sp³-hybridized carbons (Fsp3) is 0.611. The van der Waals surface area contributed by atoms with Crippen LogP contribution in [0.15, 0.2) is 28.1 Å². The molecule has 0 spiro atoms. The Hall–Kier alpha value is -1.60. The predicted molar refractivity (Wildman–Crippen MR) is 101 cm³/mol. The first-order valence-electron chi connectivity index (χ1n) is 8.83. The van der Waals surface area contributed by atoms with Crippen LogP contribution in [-0.4, -0.2) is 46.4 Å². The molecule has 1 unspecified atom stereocenters. The largest absolute Gasteiger partial charge is 0.378 e. The van der Waals surface area contributed by atoms with E-state index in [-0.39, 0.29) is 0 Å². The van der Waals surface area contributed by atoms with E-state index in [0.29, 0.717) is 17.5 Å². The lowest BCUT2D eigenvalue weighted by Crippen LogP contribution is -2.38. The Morgan fingerprint density at radius 1 is 1.36 bits per heavy atom. The van der Waals surface area contributed by atoms with Gasteiger partial charge in [-0.15, -0.1) is 0 Å². The van der Waals surface area contributed by atoms with E-state index in [1.54, 1.807) is 6.07 Å². The first-order chi connectivity index (χ1) is 11.9. The normalized spacial score (nSPS) is 18.4. The summed E-state index contributed by atoms with van der Waals surface area (Å²) in [6, 6.07) is 5.37. The van der Waals surface area contributed by atoms with Gasteiger partial charge in [0.05, 0.1) is 17.5 Å². The number of nitrogens with one attached hydrogen (secondary N) is 2. The van der Waals surface area contributed by atoms with Crippen LogP contribution >= 0.6 is 0 Å². The van der Waals surface area contributed by atoms with Crippen molar-refractivity contribution in [2.45, 2.75) is 50.7 Å². The summed E-state index contributed by atoms with van der Waals surface area (Å²) in [6.45, 7) is 6.83. The van der Waals surface area contributed by atoms with Crippen molar-refractivity contribution in [3.8, 4) is 0 Å². The molecule has 1 heterocycles. The zero-order chi connectivity index (χ0) is 18.3. The number of rotatable bonds is 7. The third kappa shape index (κ3) is 6.32. The Labute approximate surface area is 151 Å². The molecule has 1 aliphatic heterocycles. The van der Waals surface area contributed by atoms with Crippen LogP contribution in [-0.2, 0) is 21.1 Å². The number of guanidine groups is 1. The van der Waals surface area contributed by atoms with Gasteiger partial charge in [0.1, 0.15) is 0 Å². The van der Waals surface area contributed by atoms with Crippen LogP contribution in [0.5, 0.6) is 0 Å². The van der Waals surface area contributed by atoms with E-state index in [1.807, 2.05) is 26.0 Å². The molecule has 140 valence electrons. The second-order valence-corrected chi connectivity index (χ2v) is 8.40. The van der Waals surface area contributed by atoms with E-state index in [4.69, 9.17) is 4.74 Å². The van der Waals surface area contributed by atoms with E-state index in [0.717, 1.165) is 56.0 Å². The van der Waals surface area contributed by atoms with Crippen molar-refractivity contribution >= 4 is 15.8 Å². The minimum absolute atomic E-state index is 0.363. The number of benzene rings is 1. The smallest absolute Gasteiger partial charge is 0.191 e. The molecule has 1 atom stereocenters. The van der Waals surface area contributed by atoms with E-state index >= 15 is 0 Å². The Morgan fingerprint density at radius 2 is 2.16 bits per heavy atom. The average molecular weight is 368 g/mol. The first-order valence-corrected chi connectivity index (χ1v) is 10.7. The maximum Gasteiger partial charge on any atom is 0.191 e. The van der Waals surface area contributed by atoms with E-state index in [9.17, 15) is 8.42 Å². The Kier molecular flexibility index (Phi) is 7.25. The fourth-order valence-corrected chi connectivity index (χ4v) is 3.92. The minimum atomic E-state index is -3.18. The molecule has 6 nitrogen and oxygen atoms in total. The van der Waals surface area contributed by atoms with Gasteiger partial charge in [0.2, 0.25) is 0 Å². The number of sulfone groups is 1. The Bertz CT molecular complexity index is 696. The van der Waals surface area contributed by atoms with Gasteiger partial charge in [0.25, 0.3) is 0 Å². The van der Waals surface area contributed by atoms with Gasteiger partial charge in [-0.2, -0.15) is 0 Å². The van der Waals surface area contributed by atoms with Gasteiger partial charge in [-0.1, -0.05) is 12.1 Å². The van der Waals surface area contributed by atoms with Gasteiger partial charge in [-0.25, -0.2) is 13.4 Å². The maximum absolute atomic E-state index is 11.7. The third-order valence-corrected chi connectivity index (χ3v) is 5.44. The molecular weight excluding hydrogens is 338 g/mol. The highest BCUT2D eigenvalue weighted by molar-refractivity contribution is 7.90. The highest BCUT2D eigenvalue weighted by Gasteiger charge is 2.15. The summed E-state index contributed by atoms with van der Waals surface area (Å²) < 4.78 is 29.0. The van der Waals surface area contributed by atoms with Gasteiger partial charge in [-0.3, -0.25) is 0 Å². The molecule has 25 heavy (non-hydrogen) atoms. The van der Waals surface area contributed by atoms with Crippen LogP contribution in [0.1, 0.15) is 37.3 Å². The van der Waals surface area contributed by atoms with Crippen molar-refractivity contribution in [3.05, 3.63) is 29.3 Å². The third-order valence-electron chi connectivity index (χ3n) is 4.19. The molecule has 1 saturated heterocycles. The molecule has 0 saturated carbocycles. The second kappa shape index (κ2) is 9.20. The van der Waals surface area contributed by atoms with Crippen LogP contribution in [0.3, 0.4) is 0 Å². The van der Waals surface area contributed by atoms with Crippen molar-refractivity contribution in [1.82, 2.24) is 10.6 Å². The van der Waals surface area contributed by atoms with Crippen molar-refractivity contribution in [1.29, 1.82) is 0 Å². The topological polar surface area (TPSA) is 79.8 Å². The van der Waals surface area contributed by atoms with Gasteiger partial charge in [0.15, 0.2) is 15.8 Å². The Morgan fingerprint density at radius 3 is 2.76 bits per heavy atom. The van der Waals surface area contributed by atoms with E-state index in [2.05, 4.69) is 15.6 Å². The molecule has 0 radical (unpaired) electrons. The quantitative estimate of drug-likeness (QED) is 0.569. The fourth-order valence-electron chi connectivity index (χ4n) is 2.96. The number of aryl methyl sites for hydroxylation is 1.